The van der Waals surface area contributed by atoms with Crippen LogP contribution in [0, 0.1) is 47.3 Å². The highest BCUT2D eigenvalue weighted by molar-refractivity contribution is 6.07. The second-order valence-corrected chi connectivity index (χ2v) is 23.1. The van der Waals surface area contributed by atoms with Crippen LogP contribution in [0.25, 0.3) is 0 Å². The molecule has 19 nitrogen and oxygen atoms in total. The fourth-order valence-electron chi connectivity index (χ4n) is 10.7. The molecule has 8 aliphatic rings. The molecule has 16 atom stereocenters. The molecule has 0 heterocycles. The Hall–Kier alpha value is -4.97. The van der Waals surface area contributed by atoms with Crippen molar-refractivity contribution in [3.05, 3.63) is 0 Å². The Labute approximate surface area is 386 Å². The number of carbonyl (C=O) groups excluding carboxylic acids is 9. The molecule has 8 aliphatic carbocycles. The van der Waals surface area contributed by atoms with Crippen LogP contribution in [0.2, 0.25) is 0 Å². The Morgan fingerprint density at radius 3 is 0.727 bits per heavy atom. The van der Waals surface area contributed by atoms with Gasteiger partial charge in [0.05, 0.1) is 6.61 Å². The molecule has 0 aromatic heterocycles. The van der Waals surface area contributed by atoms with Crippen molar-refractivity contribution >= 4 is 53.4 Å². The summed E-state index contributed by atoms with van der Waals surface area (Å²) in [4.78, 5) is 124. The van der Waals surface area contributed by atoms with E-state index in [9.17, 15) is 43.2 Å². The zero-order valence-electron chi connectivity index (χ0n) is 40.5. The van der Waals surface area contributed by atoms with Crippen molar-refractivity contribution in [3.63, 3.8) is 0 Å². The molecule has 0 aliphatic heterocycles. The molecule has 0 saturated heterocycles. The summed E-state index contributed by atoms with van der Waals surface area (Å²) in [6.45, 7) is 21.6. The van der Waals surface area contributed by atoms with E-state index in [1.165, 1.54) is 0 Å². The fourth-order valence-corrected chi connectivity index (χ4v) is 10.7. The van der Waals surface area contributed by atoms with Gasteiger partial charge in [-0.2, -0.15) is 0 Å². The first-order chi connectivity index (χ1) is 30.5. The molecular weight excluding hydrogens is 853 g/mol. The SMILES string of the molecule is CCOC(=O)[C@@]1(NC(=O)[C@@]2(NC(=O)[C@@]3(NC(=O)[C@@]4(NC(=O)[C@@]5(NC(=O)[C@@]6(NC(=O)[C@@]7(NC(=O)[C@@]8(NC(=O)OC(C)(C)C)C[C@H]8C)C[C@H]7C)C[C@H]6C)C[C@H]5C)C[C@H]4C)C[C@H]3C)C[C@H]2C)C[C@H]1C. The molecule has 0 spiro atoms. The standard InChI is InChI=1S/C47H70N8O11/c1-13-65-37(63)47(21-29(47)9)54-35(61)45(19-27(45)7)52-33(59)43(17-25(43)5)50-31(57)41(15-23(41)3)48-30(56)40(14-22(40)2)49-32(58)42(16-24(42)4)51-34(60)44(18-26(44)6)53-36(62)46(20-28(46)8)55-38(64)66-39(10,11)12/h22-29H,13-21H2,1-12H3,(H,48,56)(H,49,58)(H,50,57)(H,51,60)(H,52,59)(H,53,62)(H,54,61)(H,55,64)/t22-,23-,24-,25-,26-,27-,28-,29-,40-,41-,42-,43-,44-,45-,46-,47-/m1/s1. The molecule has 0 radical (unpaired) electrons. The lowest BCUT2D eigenvalue weighted by atomic mass is 10.0. The zero-order valence-corrected chi connectivity index (χ0v) is 40.5. The average Bonchev–Trinajstić information content (AvgIpc) is 3.92. The normalized spacial score (nSPS) is 44.7. The summed E-state index contributed by atoms with van der Waals surface area (Å²) in [5, 5.41) is 23.3. The number of rotatable bonds is 17. The van der Waals surface area contributed by atoms with Crippen molar-refractivity contribution in [1.29, 1.82) is 0 Å². The molecule has 0 bridgehead atoms. The van der Waals surface area contributed by atoms with E-state index >= 15 is 0 Å². The van der Waals surface area contributed by atoms with Gasteiger partial charge in [0.1, 0.15) is 49.9 Å². The molecule has 8 fully saturated rings. The number of carbonyl (C=O) groups is 9. The molecule has 8 saturated carbocycles. The van der Waals surface area contributed by atoms with Crippen LogP contribution in [-0.2, 0) is 47.8 Å². The third-order valence-electron chi connectivity index (χ3n) is 17.0. The maximum Gasteiger partial charge on any atom is 0.408 e. The molecule has 8 N–H and O–H groups in total. The lowest BCUT2D eigenvalue weighted by molar-refractivity contribution is -0.149. The minimum Gasteiger partial charge on any atom is -0.464 e. The van der Waals surface area contributed by atoms with Crippen LogP contribution in [0.4, 0.5) is 4.79 Å². The van der Waals surface area contributed by atoms with Crippen molar-refractivity contribution in [1.82, 2.24) is 42.5 Å². The Bertz CT molecular complexity index is 2220. The lowest BCUT2D eigenvalue weighted by Crippen LogP contribution is -2.65. The first kappa shape index (κ1) is 47.5. The smallest absolute Gasteiger partial charge is 0.408 e. The van der Waals surface area contributed by atoms with E-state index in [1.54, 1.807) is 27.7 Å². The van der Waals surface area contributed by atoms with Gasteiger partial charge in [-0.3, -0.25) is 33.6 Å². The van der Waals surface area contributed by atoms with E-state index in [4.69, 9.17) is 9.47 Å². The third kappa shape index (κ3) is 7.48. The van der Waals surface area contributed by atoms with Crippen LogP contribution in [0.5, 0.6) is 0 Å². The minimum atomic E-state index is -1.36. The van der Waals surface area contributed by atoms with Crippen molar-refractivity contribution in [3.8, 4) is 0 Å². The summed E-state index contributed by atoms with van der Waals surface area (Å²) < 4.78 is 10.6. The van der Waals surface area contributed by atoms with Gasteiger partial charge in [0.25, 0.3) is 0 Å². The van der Waals surface area contributed by atoms with Crippen molar-refractivity contribution < 1.29 is 52.6 Å². The highest BCUT2D eigenvalue weighted by Gasteiger charge is 2.72. The first-order valence-electron chi connectivity index (χ1n) is 24.0. The number of nitrogens with one attached hydrogen (secondary N) is 8. The van der Waals surface area contributed by atoms with Crippen LogP contribution >= 0.6 is 0 Å². The fraction of sp³-hybridized carbons (Fsp3) is 0.809. The van der Waals surface area contributed by atoms with Crippen LogP contribution in [0.3, 0.4) is 0 Å². The largest absolute Gasteiger partial charge is 0.464 e. The Morgan fingerprint density at radius 2 is 0.561 bits per heavy atom. The van der Waals surface area contributed by atoms with Gasteiger partial charge in [0.15, 0.2) is 0 Å². The number of esters is 1. The van der Waals surface area contributed by atoms with Crippen LogP contribution in [0.15, 0.2) is 0 Å². The van der Waals surface area contributed by atoms with Crippen molar-refractivity contribution in [2.45, 2.75) is 184 Å². The molecule has 8 rings (SSSR count). The summed E-state index contributed by atoms with van der Waals surface area (Å²) in [6.07, 6.45) is 1.95. The summed E-state index contributed by atoms with van der Waals surface area (Å²) in [5.74, 6) is -6.10. The Morgan fingerprint density at radius 1 is 0.379 bits per heavy atom. The van der Waals surface area contributed by atoms with Gasteiger partial charge < -0.3 is 52.0 Å². The van der Waals surface area contributed by atoms with Gasteiger partial charge in [-0.05, 0) is 126 Å². The summed E-state index contributed by atoms with van der Waals surface area (Å²) in [5.41, 5.74) is -11.1. The van der Waals surface area contributed by atoms with E-state index in [0.29, 0.717) is 51.4 Å². The highest BCUT2D eigenvalue weighted by Crippen LogP contribution is 2.54. The van der Waals surface area contributed by atoms with Crippen molar-refractivity contribution in [2.24, 2.45) is 47.3 Å². The average molecular weight is 923 g/mol. The van der Waals surface area contributed by atoms with Gasteiger partial charge in [0.2, 0.25) is 41.4 Å². The van der Waals surface area contributed by atoms with Crippen LogP contribution in [0.1, 0.15) is 134 Å². The molecule has 0 aromatic carbocycles. The second-order valence-electron chi connectivity index (χ2n) is 23.1. The molecule has 8 amide bonds. The zero-order chi connectivity index (χ0) is 48.7. The Kier molecular flexibility index (Phi) is 10.6. The molecule has 66 heavy (non-hydrogen) atoms. The lowest BCUT2D eigenvalue weighted by Gasteiger charge is -2.30. The summed E-state index contributed by atoms with van der Waals surface area (Å²) in [7, 11) is 0. The Balaban J connectivity index is 0.896. The van der Waals surface area contributed by atoms with Gasteiger partial charge in [-0.1, -0.05) is 55.4 Å². The maximum atomic E-state index is 14.3. The third-order valence-corrected chi connectivity index (χ3v) is 17.0. The van der Waals surface area contributed by atoms with Gasteiger partial charge in [-0.25, -0.2) is 9.59 Å². The molecule has 0 unspecified atom stereocenters. The molecule has 364 valence electrons. The van der Waals surface area contributed by atoms with E-state index < -0.39 is 103 Å². The summed E-state index contributed by atoms with van der Waals surface area (Å²) in [6, 6.07) is 0. The van der Waals surface area contributed by atoms with E-state index in [1.807, 2.05) is 55.4 Å². The van der Waals surface area contributed by atoms with E-state index in [-0.39, 0.29) is 54.0 Å². The number of alkyl carbamates (subject to hydrolysis) is 1. The number of amides is 8. The van der Waals surface area contributed by atoms with Gasteiger partial charge in [0, 0.05) is 0 Å². The number of hydrogen-bond acceptors (Lipinski definition) is 11. The van der Waals surface area contributed by atoms with E-state index in [2.05, 4.69) is 42.5 Å². The monoisotopic (exact) mass is 923 g/mol. The molecular formula is C47H70N8O11. The highest BCUT2D eigenvalue weighted by atomic mass is 16.6. The molecule has 19 heteroatoms. The predicted octanol–water partition coefficient (Wildman–Crippen LogP) is 1.12. The van der Waals surface area contributed by atoms with Crippen LogP contribution < -0.4 is 42.5 Å². The predicted molar refractivity (Wildman–Crippen MR) is 235 cm³/mol. The number of hydrogen-bond donors (Lipinski definition) is 8. The minimum absolute atomic E-state index is 0.124. The van der Waals surface area contributed by atoms with Crippen LogP contribution in [-0.4, -0.2) is 110 Å². The quantitative estimate of drug-likeness (QED) is 0.0959. The van der Waals surface area contributed by atoms with Gasteiger partial charge >= 0.3 is 12.1 Å². The van der Waals surface area contributed by atoms with E-state index in [0.717, 1.165) is 0 Å². The number of ether oxygens (including phenoxy) is 2. The second kappa shape index (κ2) is 14.8. The van der Waals surface area contributed by atoms with Gasteiger partial charge in [-0.15, -0.1) is 0 Å². The first-order valence-corrected chi connectivity index (χ1v) is 24.0. The molecule has 0 aromatic rings. The summed E-state index contributed by atoms with van der Waals surface area (Å²) >= 11 is 0. The topological polar surface area (TPSA) is 268 Å². The van der Waals surface area contributed by atoms with Crippen molar-refractivity contribution in [2.75, 3.05) is 6.61 Å². The maximum absolute atomic E-state index is 14.3.